The summed E-state index contributed by atoms with van der Waals surface area (Å²) >= 11 is 0. The molecule has 1 fully saturated rings. The van der Waals surface area contributed by atoms with E-state index in [-0.39, 0.29) is 0 Å². The van der Waals surface area contributed by atoms with Crippen molar-refractivity contribution in [2.45, 2.75) is 31.5 Å². The van der Waals surface area contributed by atoms with E-state index in [2.05, 4.69) is 4.90 Å². The molecule has 1 aromatic carbocycles. The number of anilines is 1. The van der Waals surface area contributed by atoms with Crippen LogP contribution >= 0.6 is 0 Å². The lowest BCUT2D eigenvalue weighted by Crippen LogP contribution is -2.28. The fourth-order valence-corrected chi connectivity index (χ4v) is 2.01. The molecule has 0 bridgehead atoms. The zero-order chi connectivity index (χ0) is 13.2. The maximum atomic E-state index is 12.5. The number of benzene rings is 1. The van der Waals surface area contributed by atoms with Crippen LogP contribution in [0.3, 0.4) is 0 Å². The maximum Gasteiger partial charge on any atom is 0.416 e. The standard InChI is InChI=1S/C13H17F3N2/c14-13(15,16)10-2-4-11(5-3-10)18(9-1-8-17)12-6-7-12/h2-5,12H,1,6-9,17H2. The first-order valence-electron chi connectivity index (χ1n) is 6.16. The lowest BCUT2D eigenvalue weighted by Gasteiger charge is -2.24. The van der Waals surface area contributed by atoms with Crippen molar-refractivity contribution in [2.24, 2.45) is 5.73 Å². The largest absolute Gasteiger partial charge is 0.416 e. The summed E-state index contributed by atoms with van der Waals surface area (Å²) in [6, 6.07) is 5.88. The molecule has 0 amide bonds. The van der Waals surface area contributed by atoms with E-state index in [9.17, 15) is 13.2 Å². The molecular weight excluding hydrogens is 241 g/mol. The van der Waals surface area contributed by atoms with E-state index in [1.54, 1.807) is 12.1 Å². The van der Waals surface area contributed by atoms with Crippen LogP contribution in [-0.2, 0) is 6.18 Å². The van der Waals surface area contributed by atoms with Gasteiger partial charge in [0.05, 0.1) is 5.56 Å². The molecule has 0 atom stereocenters. The fraction of sp³-hybridized carbons (Fsp3) is 0.538. The molecule has 0 radical (unpaired) electrons. The highest BCUT2D eigenvalue weighted by Gasteiger charge is 2.32. The Kier molecular flexibility index (Phi) is 3.80. The summed E-state index contributed by atoms with van der Waals surface area (Å²) in [5.74, 6) is 0. The highest BCUT2D eigenvalue weighted by atomic mass is 19.4. The Morgan fingerprint density at radius 2 is 1.78 bits per heavy atom. The molecule has 0 aliphatic heterocycles. The lowest BCUT2D eigenvalue weighted by molar-refractivity contribution is -0.137. The van der Waals surface area contributed by atoms with Crippen molar-refractivity contribution in [2.75, 3.05) is 18.0 Å². The van der Waals surface area contributed by atoms with Crippen molar-refractivity contribution in [3.8, 4) is 0 Å². The van der Waals surface area contributed by atoms with Crippen LogP contribution in [-0.4, -0.2) is 19.1 Å². The Balaban J connectivity index is 2.11. The van der Waals surface area contributed by atoms with E-state index >= 15 is 0 Å². The van der Waals surface area contributed by atoms with Gasteiger partial charge in [-0.25, -0.2) is 0 Å². The summed E-state index contributed by atoms with van der Waals surface area (Å²) in [6.07, 6.45) is -1.17. The maximum absolute atomic E-state index is 12.5. The number of hydrogen-bond donors (Lipinski definition) is 1. The predicted molar refractivity (Wildman–Crippen MR) is 65.5 cm³/mol. The molecule has 2 nitrogen and oxygen atoms in total. The zero-order valence-electron chi connectivity index (χ0n) is 10.1. The second kappa shape index (κ2) is 5.18. The van der Waals surface area contributed by atoms with Gasteiger partial charge >= 0.3 is 6.18 Å². The number of nitrogens with two attached hydrogens (primary N) is 1. The van der Waals surface area contributed by atoms with Crippen LogP contribution in [0, 0.1) is 0 Å². The lowest BCUT2D eigenvalue weighted by atomic mass is 10.2. The average molecular weight is 258 g/mol. The Bertz CT molecular complexity index is 382. The van der Waals surface area contributed by atoms with Crippen molar-refractivity contribution in [3.63, 3.8) is 0 Å². The molecule has 1 aliphatic carbocycles. The van der Waals surface area contributed by atoms with Gasteiger partial charge in [-0.3, -0.25) is 0 Å². The molecule has 0 spiro atoms. The smallest absolute Gasteiger partial charge is 0.368 e. The predicted octanol–water partition coefficient (Wildman–Crippen LogP) is 3.02. The van der Waals surface area contributed by atoms with Gasteiger partial charge in [-0.1, -0.05) is 0 Å². The number of nitrogens with zero attached hydrogens (tertiary/aromatic N) is 1. The van der Waals surface area contributed by atoms with Crippen LogP contribution in [0.5, 0.6) is 0 Å². The molecule has 0 unspecified atom stereocenters. The number of hydrogen-bond acceptors (Lipinski definition) is 2. The summed E-state index contributed by atoms with van der Waals surface area (Å²) < 4.78 is 37.4. The van der Waals surface area contributed by atoms with Gasteiger partial charge in [0, 0.05) is 18.3 Å². The van der Waals surface area contributed by atoms with Gasteiger partial charge in [0.1, 0.15) is 0 Å². The van der Waals surface area contributed by atoms with E-state index in [0.29, 0.717) is 12.6 Å². The van der Waals surface area contributed by atoms with Crippen molar-refractivity contribution in [1.29, 1.82) is 0 Å². The van der Waals surface area contributed by atoms with Crippen LogP contribution in [0.2, 0.25) is 0 Å². The zero-order valence-corrected chi connectivity index (χ0v) is 10.1. The highest BCUT2D eigenvalue weighted by Crippen LogP contribution is 2.34. The van der Waals surface area contributed by atoms with Gasteiger partial charge in [0.15, 0.2) is 0 Å². The summed E-state index contributed by atoms with van der Waals surface area (Å²) in [5, 5.41) is 0. The minimum Gasteiger partial charge on any atom is -0.368 e. The topological polar surface area (TPSA) is 29.3 Å². The van der Waals surface area contributed by atoms with Crippen LogP contribution in [0.1, 0.15) is 24.8 Å². The van der Waals surface area contributed by atoms with Gasteiger partial charge in [-0.05, 0) is 50.1 Å². The van der Waals surface area contributed by atoms with E-state index < -0.39 is 11.7 Å². The molecule has 1 aromatic rings. The van der Waals surface area contributed by atoms with E-state index in [0.717, 1.165) is 43.6 Å². The Hall–Kier alpha value is -1.23. The van der Waals surface area contributed by atoms with Crippen LogP contribution in [0.25, 0.3) is 0 Å². The molecule has 5 heteroatoms. The first-order valence-corrected chi connectivity index (χ1v) is 6.16. The monoisotopic (exact) mass is 258 g/mol. The van der Waals surface area contributed by atoms with Gasteiger partial charge < -0.3 is 10.6 Å². The Labute approximate surface area is 105 Å². The summed E-state index contributed by atoms with van der Waals surface area (Å²) in [5.41, 5.74) is 5.74. The fourth-order valence-electron chi connectivity index (χ4n) is 2.01. The average Bonchev–Trinajstić information content (AvgIpc) is 3.13. The first-order chi connectivity index (χ1) is 8.52. The Morgan fingerprint density at radius 1 is 1.17 bits per heavy atom. The third-order valence-corrected chi connectivity index (χ3v) is 3.12. The normalized spacial score (nSPS) is 15.8. The molecule has 0 saturated heterocycles. The second-order valence-electron chi connectivity index (χ2n) is 4.61. The molecule has 0 heterocycles. The summed E-state index contributed by atoms with van der Waals surface area (Å²) in [6.45, 7) is 1.41. The van der Waals surface area contributed by atoms with E-state index in [1.807, 2.05) is 0 Å². The van der Waals surface area contributed by atoms with Crippen molar-refractivity contribution >= 4 is 5.69 Å². The van der Waals surface area contributed by atoms with Gasteiger partial charge in [-0.15, -0.1) is 0 Å². The minimum atomic E-state index is -4.26. The van der Waals surface area contributed by atoms with Gasteiger partial charge in [0.25, 0.3) is 0 Å². The van der Waals surface area contributed by atoms with Crippen molar-refractivity contribution in [1.82, 2.24) is 0 Å². The van der Waals surface area contributed by atoms with Gasteiger partial charge in [-0.2, -0.15) is 13.2 Å². The SMILES string of the molecule is NCCCN(c1ccc(C(F)(F)F)cc1)C1CC1. The molecule has 0 aromatic heterocycles. The molecule has 100 valence electrons. The number of rotatable bonds is 5. The van der Waals surface area contributed by atoms with Crippen molar-refractivity contribution in [3.05, 3.63) is 29.8 Å². The second-order valence-corrected chi connectivity index (χ2v) is 4.61. The molecule has 18 heavy (non-hydrogen) atoms. The van der Waals surface area contributed by atoms with Crippen LogP contribution in [0.15, 0.2) is 24.3 Å². The summed E-state index contributed by atoms with van der Waals surface area (Å²) in [4.78, 5) is 2.16. The van der Waals surface area contributed by atoms with Crippen LogP contribution in [0.4, 0.5) is 18.9 Å². The Morgan fingerprint density at radius 3 is 2.22 bits per heavy atom. The molecule has 1 aliphatic rings. The third-order valence-electron chi connectivity index (χ3n) is 3.12. The quantitative estimate of drug-likeness (QED) is 0.879. The summed E-state index contributed by atoms with van der Waals surface area (Å²) in [7, 11) is 0. The van der Waals surface area contributed by atoms with E-state index in [4.69, 9.17) is 5.73 Å². The van der Waals surface area contributed by atoms with E-state index in [1.165, 1.54) is 0 Å². The number of alkyl halides is 3. The number of halogens is 3. The first kappa shape index (κ1) is 13.2. The molecule has 2 rings (SSSR count). The van der Waals surface area contributed by atoms with Gasteiger partial charge in [0.2, 0.25) is 0 Å². The molecular formula is C13H17F3N2. The minimum absolute atomic E-state index is 0.480. The third kappa shape index (κ3) is 3.16. The molecule has 2 N–H and O–H groups in total. The molecule has 1 saturated carbocycles. The van der Waals surface area contributed by atoms with Crippen molar-refractivity contribution < 1.29 is 13.2 Å². The highest BCUT2D eigenvalue weighted by molar-refractivity contribution is 5.50. The van der Waals surface area contributed by atoms with Crippen LogP contribution < -0.4 is 10.6 Å².